The third-order valence-corrected chi connectivity index (χ3v) is 5.72. The summed E-state index contributed by atoms with van der Waals surface area (Å²) >= 11 is 1.28. The molecular formula is C25H21N3O4S. The standard InChI is InChI=1S/C25H21N3O4S/c1-17(29)28(22-9-3-2-4-10-22)25-27-21(16-33-25)15-32-23(30)14-26-24(31)20-12-11-18-7-5-6-8-19(18)13-20/h2-13,16H,14-15H2,1H3,(H,26,31). The molecule has 0 saturated heterocycles. The van der Waals surface area contributed by atoms with Gasteiger partial charge in [0.1, 0.15) is 13.2 Å². The van der Waals surface area contributed by atoms with E-state index in [0.29, 0.717) is 22.1 Å². The third kappa shape index (κ3) is 5.42. The smallest absolute Gasteiger partial charge is 0.325 e. The van der Waals surface area contributed by atoms with E-state index in [-0.39, 0.29) is 25.0 Å². The lowest BCUT2D eigenvalue weighted by atomic mass is 10.1. The maximum Gasteiger partial charge on any atom is 0.325 e. The van der Waals surface area contributed by atoms with E-state index in [4.69, 9.17) is 4.74 Å². The number of carbonyl (C=O) groups excluding carboxylic acids is 3. The normalized spacial score (nSPS) is 10.6. The summed E-state index contributed by atoms with van der Waals surface area (Å²) in [5, 5.41) is 6.78. The molecule has 0 bridgehead atoms. The first kappa shape index (κ1) is 22.2. The number of anilines is 2. The lowest BCUT2D eigenvalue weighted by molar-refractivity contribution is -0.143. The zero-order valence-electron chi connectivity index (χ0n) is 17.9. The molecule has 0 atom stereocenters. The number of nitrogens with zero attached hydrogens (tertiary/aromatic N) is 2. The number of benzene rings is 3. The number of hydrogen-bond acceptors (Lipinski definition) is 6. The topological polar surface area (TPSA) is 88.6 Å². The van der Waals surface area contributed by atoms with Crippen molar-refractivity contribution in [2.45, 2.75) is 13.5 Å². The second-order valence-corrected chi connectivity index (χ2v) is 8.05. The molecule has 0 radical (unpaired) electrons. The molecule has 0 aliphatic carbocycles. The zero-order valence-corrected chi connectivity index (χ0v) is 18.7. The van der Waals surface area contributed by atoms with Crippen LogP contribution in [0.15, 0.2) is 78.2 Å². The van der Waals surface area contributed by atoms with Crippen LogP contribution in [0.4, 0.5) is 10.8 Å². The van der Waals surface area contributed by atoms with Gasteiger partial charge in [-0.3, -0.25) is 19.3 Å². The van der Waals surface area contributed by atoms with Crippen molar-refractivity contribution < 1.29 is 19.1 Å². The average molecular weight is 460 g/mol. The fourth-order valence-corrected chi connectivity index (χ4v) is 4.13. The van der Waals surface area contributed by atoms with Crippen LogP contribution in [0.1, 0.15) is 23.0 Å². The van der Waals surface area contributed by atoms with E-state index in [2.05, 4.69) is 10.3 Å². The molecule has 1 N–H and O–H groups in total. The minimum Gasteiger partial charge on any atom is -0.458 e. The first-order valence-electron chi connectivity index (χ1n) is 10.2. The molecule has 33 heavy (non-hydrogen) atoms. The molecule has 0 saturated carbocycles. The Kier molecular flexibility index (Phi) is 6.75. The number of fused-ring (bicyclic) bond motifs is 1. The van der Waals surface area contributed by atoms with Gasteiger partial charge in [0, 0.05) is 17.9 Å². The van der Waals surface area contributed by atoms with Crippen LogP contribution < -0.4 is 10.2 Å². The van der Waals surface area contributed by atoms with Crippen molar-refractivity contribution in [3.05, 3.63) is 89.4 Å². The van der Waals surface area contributed by atoms with E-state index in [1.807, 2.05) is 60.7 Å². The first-order chi connectivity index (χ1) is 16.0. The summed E-state index contributed by atoms with van der Waals surface area (Å²) in [5.74, 6) is -1.10. The molecule has 166 valence electrons. The van der Waals surface area contributed by atoms with Crippen LogP contribution >= 0.6 is 11.3 Å². The minimum atomic E-state index is -0.579. The van der Waals surface area contributed by atoms with Crippen LogP contribution in [0.5, 0.6) is 0 Å². The van der Waals surface area contributed by atoms with Crippen molar-refractivity contribution in [2.24, 2.45) is 0 Å². The number of thiazole rings is 1. The predicted molar refractivity (Wildman–Crippen MR) is 127 cm³/mol. The SMILES string of the molecule is CC(=O)N(c1ccccc1)c1nc(COC(=O)CNC(=O)c2ccc3ccccc3c2)cs1. The molecule has 4 rings (SSSR count). The van der Waals surface area contributed by atoms with E-state index in [0.717, 1.165) is 10.8 Å². The summed E-state index contributed by atoms with van der Waals surface area (Å²) in [7, 11) is 0. The van der Waals surface area contributed by atoms with Crippen LogP contribution in [0.25, 0.3) is 10.8 Å². The van der Waals surface area contributed by atoms with Crippen LogP contribution in [0, 0.1) is 0 Å². The fraction of sp³-hybridized carbons (Fsp3) is 0.120. The average Bonchev–Trinajstić information content (AvgIpc) is 3.29. The number of nitrogens with one attached hydrogen (secondary N) is 1. The van der Waals surface area contributed by atoms with Crippen molar-refractivity contribution in [2.75, 3.05) is 11.4 Å². The van der Waals surface area contributed by atoms with E-state index >= 15 is 0 Å². The molecule has 1 aromatic heterocycles. The van der Waals surface area contributed by atoms with E-state index in [1.165, 1.54) is 23.2 Å². The highest BCUT2D eigenvalue weighted by Crippen LogP contribution is 2.28. The lowest BCUT2D eigenvalue weighted by Gasteiger charge is -2.17. The first-order valence-corrected chi connectivity index (χ1v) is 11.1. The van der Waals surface area contributed by atoms with Gasteiger partial charge in [0.15, 0.2) is 5.13 Å². The summed E-state index contributed by atoms with van der Waals surface area (Å²) in [6.07, 6.45) is 0. The molecule has 8 heteroatoms. The quantitative estimate of drug-likeness (QED) is 0.413. The van der Waals surface area contributed by atoms with Gasteiger partial charge in [0.2, 0.25) is 5.91 Å². The van der Waals surface area contributed by atoms with E-state index in [9.17, 15) is 14.4 Å². The van der Waals surface area contributed by atoms with Gasteiger partial charge in [-0.15, -0.1) is 11.3 Å². The van der Waals surface area contributed by atoms with Gasteiger partial charge < -0.3 is 10.1 Å². The molecule has 0 spiro atoms. The van der Waals surface area contributed by atoms with Gasteiger partial charge in [-0.25, -0.2) is 4.98 Å². The minimum absolute atomic E-state index is 0.0539. The molecule has 0 aliphatic heterocycles. The summed E-state index contributed by atoms with van der Waals surface area (Å²) < 4.78 is 5.23. The molecule has 0 fully saturated rings. The molecular weight excluding hydrogens is 438 g/mol. The van der Waals surface area contributed by atoms with Gasteiger partial charge >= 0.3 is 5.97 Å². The van der Waals surface area contributed by atoms with Gasteiger partial charge in [-0.1, -0.05) is 48.5 Å². The number of aromatic nitrogens is 1. The maximum absolute atomic E-state index is 12.4. The van der Waals surface area contributed by atoms with Gasteiger partial charge in [0.25, 0.3) is 5.91 Å². The van der Waals surface area contributed by atoms with Crippen molar-refractivity contribution in [1.82, 2.24) is 10.3 Å². The number of para-hydroxylation sites is 1. The molecule has 7 nitrogen and oxygen atoms in total. The summed E-state index contributed by atoms with van der Waals surface area (Å²) in [6.45, 7) is 1.15. The maximum atomic E-state index is 12.4. The largest absolute Gasteiger partial charge is 0.458 e. The molecule has 3 aromatic carbocycles. The predicted octanol–water partition coefficient (Wildman–Crippen LogP) is 4.45. The Morgan fingerprint density at radius 3 is 2.45 bits per heavy atom. The summed E-state index contributed by atoms with van der Waals surface area (Å²) in [5.41, 5.74) is 1.70. The number of esters is 1. The Hall–Kier alpha value is -4.04. The Bertz CT molecular complexity index is 1300. The Labute approximate surface area is 194 Å². The van der Waals surface area contributed by atoms with Gasteiger partial charge in [-0.2, -0.15) is 0 Å². The highest BCUT2D eigenvalue weighted by Gasteiger charge is 2.18. The van der Waals surface area contributed by atoms with Crippen molar-refractivity contribution in [3.63, 3.8) is 0 Å². The Morgan fingerprint density at radius 1 is 0.970 bits per heavy atom. The number of hydrogen-bond donors (Lipinski definition) is 1. The van der Waals surface area contributed by atoms with Gasteiger partial charge in [-0.05, 0) is 35.0 Å². The number of rotatable bonds is 7. The zero-order chi connectivity index (χ0) is 23.2. The van der Waals surface area contributed by atoms with Gasteiger partial charge in [0.05, 0.1) is 11.4 Å². The molecule has 2 amide bonds. The van der Waals surface area contributed by atoms with Crippen LogP contribution in [-0.4, -0.2) is 29.3 Å². The Morgan fingerprint density at radius 2 is 1.70 bits per heavy atom. The fourth-order valence-electron chi connectivity index (χ4n) is 3.26. The molecule has 0 aliphatic rings. The van der Waals surface area contributed by atoms with Crippen molar-refractivity contribution in [1.29, 1.82) is 0 Å². The Balaban J connectivity index is 1.31. The van der Waals surface area contributed by atoms with Crippen LogP contribution in [-0.2, 0) is 20.9 Å². The monoisotopic (exact) mass is 459 g/mol. The van der Waals surface area contributed by atoms with Crippen LogP contribution in [0.3, 0.4) is 0 Å². The lowest BCUT2D eigenvalue weighted by Crippen LogP contribution is -2.30. The number of amides is 2. The van der Waals surface area contributed by atoms with Crippen LogP contribution in [0.2, 0.25) is 0 Å². The second kappa shape index (κ2) is 10.1. The molecule has 1 heterocycles. The molecule has 0 unspecified atom stereocenters. The second-order valence-electron chi connectivity index (χ2n) is 7.22. The molecule has 4 aromatic rings. The highest BCUT2D eigenvalue weighted by atomic mass is 32.1. The number of carbonyl (C=O) groups is 3. The summed E-state index contributed by atoms with van der Waals surface area (Å²) in [6, 6.07) is 22.3. The van der Waals surface area contributed by atoms with Crippen molar-refractivity contribution in [3.8, 4) is 0 Å². The number of ether oxygens (including phenoxy) is 1. The summed E-state index contributed by atoms with van der Waals surface area (Å²) in [4.78, 5) is 42.5. The van der Waals surface area contributed by atoms with Crippen molar-refractivity contribution >= 4 is 50.7 Å². The van der Waals surface area contributed by atoms with E-state index in [1.54, 1.807) is 17.5 Å². The highest BCUT2D eigenvalue weighted by molar-refractivity contribution is 7.14. The van der Waals surface area contributed by atoms with E-state index < -0.39 is 5.97 Å². The third-order valence-electron chi connectivity index (χ3n) is 4.85.